The van der Waals surface area contributed by atoms with Gasteiger partial charge in [0.05, 0.1) is 6.54 Å². The molecule has 3 aromatic rings. The number of nitrogens with zero attached hydrogens (tertiary/aromatic N) is 4. The predicted octanol–water partition coefficient (Wildman–Crippen LogP) is 3.07. The van der Waals surface area contributed by atoms with E-state index in [0.717, 1.165) is 10.2 Å². The number of thiophene rings is 1. The lowest BCUT2D eigenvalue weighted by molar-refractivity contribution is 0.746. The summed E-state index contributed by atoms with van der Waals surface area (Å²) in [6.45, 7) is 0.448. The van der Waals surface area contributed by atoms with Crippen LogP contribution in [0.25, 0.3) is 10.2 Å². The van der Waals surface area contributed by atoms with Crippen LogP contribution in [-0.2, 0) is 6.54 Å². The van der Waals surface area contributed by atoms with Gasteiger partial charge in [0, 0.05) is 11.6 Å². The Morgan fingerprint density at radius 3 is 3.11 bits per heavy atom. The molecule has 0 aliphatic carbocycles. The number of rotatable bonds is 2. The van der Waals surface area contributed by atoms with Gasteiger partial charge in [-0.15, -0.1) is 11.3 Å². The van der Waals surface area contributed by atoms with Crippen LogP contribution in [-0.4, -0.2) is 14.5 Å². The maximum Gasteiger partial charge on any atom is 0.151 e. The van der Waals surface area contributed by atoms with Crippen molar-refractivity contribution in [3.8, 4) is 6.07 Å². The van der Waals surface area contributed by atoms with Gasteiger partial charge in [-0.2, -0.15) is 5.26 Å². The van der Waals surface area contributed by atoms with E-state index in [0.29, 0.717) is 23.2 Å². The summed E-state index contributed by atoms with van der Waals surface area (Å²) in [6, 6.07) is 7.60. The van der Waals surface area contributed by atoms with Gasteiger partial charge in [-0.3, -0.25) is 0 Å². The number of halogens is 1. The Morgan fingerprint density at radius 1 is 1.39 bits per heavy atom. The Hall–Kier alpha value is -1.90. The summed E-state index contributed by atoms with van der Waals surface area (Å²) in [5.74, 6) is 0.614. The van der Waals surface area contributed by atoms with Gasteiger partial charge in [0.15, 0.2) is 5.82 Å². The first kappa shape index (κ1) is 11.2. The van der Waals surface area contributed by atoms with E-state index < -0.39 is 0 Å². The first-order valence-corrected chi connectivity index (χ1v) is 6.48. The van der Waals surface area contributed by atoms with Crippen LogP contribution in [0.15, 0.2) is 29.8 Å². The van der Waals surface area contributed by atoms with Crippen molar-refractivity contribution >= 4 is 33.2 Å². The molecule has 0 fully saturated rings. The van der Waals surface area contributed by atoms with Crippen molar-refractivity contribution in [1.82, 2.24) is 14.5 Å². The van der Waals surface area contributed by atoms with E-state index in [1.165, 1.54) is 11.3 Å². The normalized spacial score (nSPS) is 10.7. The molecule has 3 rings (SSSR count). The monoisotopic (exact) mass is 274 g/mol. The first-order valence-electron chi connectivity index (χ1n) is 5.23. The SMILES string of the molecule is N#Cc1cccn1Cc1nc(Cl)c2ccsc2n1. The maximum absolute atomic E-state index is 8.94. The quantitative estimate of drug-likeness (QED) is 0.675. The molecule has 0 atom stereocenters. The molecule has 3 aromatic heterocycles. The van der Waals surface area contributed by atoms with Crippen LogP contribution in [0, 0.1) is 11.3 Å². The lowest BCUT2D eigenvalue weighted by atomic mass is 10.4. The van der Waals surface area contributed by atoms with Crippen LogP contribution >= 0.6 is 22.9 Å². The van der Waals surface area contributed by atoms with Gasteiger partial charge in [-0.05, 0) is 23.6 Å². The second-order valence-corrected chi connectivity index (χ2v) is 4.96. The Balaban J connectivity index is 2.03. The van der Waals surface area contributed by atoms with Crippen molar-refractivity contribution in [2.24, 2.45) is 0 Å². The Morgan fingerprint density at radius 2 is 2.28 bits per heavy atom. The number of fused-ring (bicyclic) bond motifs is 1. The first-order chi connectivity index (χ1) is 8.78. The van der Waals surface area contributed by atoms with Crippen LogP contribution in [0.3, 0.4) is 0 Å². The maximum atomic E-state index is 8.94. The number of aromatic nitrogens is 3. The molecule has 0 aliphatic heterocycles. The van der Waals surface area contributed by atoms with Crippen molar-refractivity contribution in [3.63, 3.8) is 0 Å². The molecule has 3 heterocycles. The molecular formula is C12H7ClN4S. The fourth-order valence-electron chi connectivity index (χ4n) is 1.74. The minimum atomic E-state index is 0.448. The molecule has 0 spiro atoms. The number of hydrogen-bond acceptors (Lipinski definition) is 4. The van der Waals surface area contributed by atoms with Gasteiger partial charge >= 0.3 is 0 Å². The van der Waals surface area contributed by atoms with Gasteiger partial charge in [-0.25, -0.2) is 9.97 Å². The van der Waals surface area contributed by atoms with Crippen molar-refractivity contribution in [1.29, 1.82) is 5.26 Å². The van der Waals surface area contributed by atoms with Crippen molar-refractivity contribution in [2.75, 3.05) is 0 Å². The van der Waals surface area contributed by atoms with E-state index in [4.69, 9.17) is 16.9 Å². The summed E-state index contributed by atoms with van der Waals surface area (Å²) in [5, 5.41) is 12.2. The van der Waals surface area contributed by atoms with E-state index in [1.54, 1.807) is 10.6 Å². The van der Waals surface area contributed by atoms with E-state index >= 15 is 0 Å². The minimum absolute atomic E-state index is 0.448. The van der Waals surface area contributed by atoms with Crippen LogP contribution in [0.5, 0.6) is 0 Å². The lowest BCUT2D eigenvalue weighted by Crippen LogP contribution is -2.05. The average Bonchev–Trinajstić information content (AvgIpc) is 2.97. The van der Waals surface area contributed by atoms with Crippen molar-refractivity contribution in [2.45, 2.75) is 6.54 Å². The molecule has 18 heavy (non-hydrogen) atoms. The third kappa shape index (κ3) is 1.86. The van der Waals surface area contributed by atoms with E-state index in [9.17, 15) is 0 Å². The second-order valence-electron chi connectivity index (χ2n) is 3.70. The molecule has 0 unspecified atom stereocenters. The second kappa shape index (κ2) is 4.41. The van der Waals surface area contributed by atoms with Gasteiger partial charge < -0.3 is 4.57 Å². The van der Waals surface area contributed by atoms with Gasteiger partial charge in [0.25, 0.3) is 0 Å². The van der Waals surface area contributed by atoms with E-state index in [2.05, 4.69) is 16.0 Å². The predicted molar refractivity (Wildman–Crippen MR) is 70.7 cm³/mol. The number of hydrogen-bond donors (Lipinski definition) is 0. The summed E-state index contributed by atoms with van der Waals surface area (Å²) in [7, 11) is 0. The van der Waals surface area contributed by atoms with Crippen LogP contribution in [0.2, 0.25) is 5.15 Å². The smallest absolute Gasteiger partial charge is 0.151 e. The molecule has 0 aliphatic rings. The van der Waals surface area contributed by atoms with Gasteiger partial charge in [-0.1, -0.05) is 11.6 Å². The Bertz CT molecular complexity index is 753. The molecule has 0 aromatic carbocycles. The highest BCUT2D eigenvalue weighted by Gasteiger charge is 2.08. The zero-order valence-electron chi connectivity index (χ0n) is 9.17. The van der Waals surface area contributed by atoms with E-state index in [1.807, 2.05) is 23.7 Å². The third-order valence-electron chi connectivity index (χ3n) is 2.58. The molecule has 88 valence electrons. The Kier molecular flexibility index (Phi) is 2.74. The zero-order valence-corrected chi connectivity index (χ0v) is 10.7. The van der Waals surface area contributed by atoms with Crippen LogP contribution in [0.1, 0.15) is 11.5 Å². The Labute approximate surface area is 112 Å². The largest absolute Gasteiger partial charge is 0.332 e. The fourth-order valence-corrected chi connectivity index (χ4v) is 2.83. The standard InChI is InChI=1S/C12H7ClN4S/c13-11-9-3-5-18-12(9)16-10(15-11)7-17-4-1-2-8(17)6-14/h1-5H,7H2. The van der Waals surface area contributed by atoms with Crippen molar-refractivity contribution < 1.29 is 0 Å². The summed E-state index contributed by atoms with van der Waals surface area (Å²) >= 11 is 7.63. The summed E-state index contributed by atoms with van der Waals surface area (Å²) in [4.78, 5) is 9.56. The zero-order chi connectivity index (χ0) is 12.5. The topological polar surface area (TPSA) is 54.5 Å². The average molecular weight is 275 g/mol. The van der Waals surface area contributed by atoms with E-state index in [-0.39, 0.29) is 0 Å². The summed E-state index contributed by atoms with van der Waals surface area (Å²) in [5.41, 5.74) is 0.584. The fraction of sp³-hybridized carbons (Fsp3) is 0.0833. The molecule has 0 saturated carbocycles. The van der Waals surface area contributed by atoms with Gasteiger partial charge in [0.1, 0.15) is 21.7 Å². The molecule has 0 saturated heterocycles. The third-order valence-corrected chi connectivity index (χ3v) is 3.68. The highest BCUT2D eigenvalue weighted by atomic mass is 35.5. The molecule has 0 amide bonds. The lowest BCUT2D eigenvalue weighted by Gasteiger charge is -2.04. The molecule has 0 radical (unpaired) electrons. The molecular weight excluding hydrogens is 268 g/mol. The summed E-state index contributed by atoms with van der Waals surface area (Å²) in [6.07, 6.45) is 1.83. The highest BCUT2D eigenvalue weighted by Crippen LogP contribution is 2.24. The minimum Gasteiger partial charge on any atom is -0.332 e. The highest BCUT2D eigenvalue weighted by molar-refractivity contribution is 7.16. The van der Waals surface area contributed by atoms with Crippen molar-refractivity contribution in [3.05, 3.63) is 46.4 Å². The van der Waals surface area contributed by atoms with Crippen LogP contribution in [0.4, 0.5) is 0 Å². The molecule has 0 N–H and O–H groups in total. The molecule has 0 bridgehead atoms. The molecule has 4 nitrogen and oxygen atoms in total. The van der Waals surface area contributed by atoms with Crippen LogP contribution < -0.4 is 0 Å². The molecule has 6 heteroatoms. The number of nitriles is 1. The summed E-state index contributed by atoms with van der Waals surface area (Å²) < 4.78 is 1.80. The van der Waals surface area contributed by atoms with Gasteiger partial charge in [0.2, 0.25) is 0 Å².